The van der Waals surface area contributed by atoms with Crippen molar-refractivity contribution in [3.05, 3.63) is 35.9 Å². The van der Waals surface area contributed by atoms with Crippen LogP contribution in [0, 0.1) is 0 Å². The molecule has 10 heteroatoms. The first-order chi connectivity index (χ1) is 15.3. The zero-order valence-electron chi connectivity index (χ0n) is 18.5. The fraction of sp³-hybridized carbons (Fsp3) is 0.545. The lowest BCUT2D eigenvalue weighted by molar-refractivity contribution is -0.153. The third-order valence-corrected chi connectivity index (χ3v) is 5.99. The average Bonchev–Trinajstić information content (AvgIpc) is 3.26. The molecule has 4 N–H and O–H groups in total. The number of rotatable bonds is 11. The first-order valence-electron chi connectivity index (χ1n) is 10.7. The van der Waals surface area contributed by atoms with E-state index < -0.39 is 30.0 Å². The van der Waals surface area contributed by atoms with Crippen molar-refractivity contribution in [3.8, 4) is 0 Å². The Morgan fingerprint density at radius 2 is 1.97 bits per heavy atom. The number of carbonyl (C=O) groups excluding carboxylic acids is 4. The van der Waals surface area contributed by atoms with Crippen LogP contribution >= 0.6 is 11.8 Å². The van der Waals surface area contributed by atoms with E-state index in [1.807, 2.05) is 30.3 Å². The molecule has 0 unspecified atom stereocenters. The molecule has 9 nitrogen and oxygen atoms in total. The van der Waals surface area contributed by atoms with Gasteiger partial charge in [0.1, 0.15) is 12.1 Å². The first kappa shape index (κ1) is 25.7. The van der Waals surface area contributed by atoms with Gasteiger partial charge in [-0.3, -0.25) is 14.4 Å². The molecule has 1 aromatic rings. The summed E-state index contributed by atoms with van der Waals surface area (Å²) >= 11 is 1.32. The number of ether oxygens (including phenoxy) is 1. The van der Waals surface area contributed by atoms with Crippen molar-refractivity contribution in [1.82, 2.24) is 15.5 Å². The van der Waals surface area contributed by atoms with Crippen LogP contribution < -0.4 is 16.4 Å². The first-order valence-corrected chi connectivity index (χ1v) is 11.9. The van der Waals surface area contributed by atoms with Gasteiger partial charge in [0.2, 0.25) is 17.7 Å². The van der Waals surface area contributed by atoms with Gasteiger partial charge in [0.15, 0.2) is 0 Å². The highest BCUT2D eigenvalue weighted by Gasteiger charge is 2.38. The molecule has 1 saturated heterocycles. The van der Waals surface area contributed by atoms with E-state index in [0.29, 0.717) is 25.3 Å². The number of nitrogens with one attached hydrogen (secondary N) is 2. The topological polar surface area (TPSA) is 131 Å². The van der Waals surface area contributed by atoms with Crippen LogP contribution in [0.25, 0.3) is 0 Å². The summed E-state index contributed by atoms with van der Waals surface area (Å²) in [5, 5.41) is 5.40. The van der Waals surface area contributed by atoms with Crippen molar-refractivity contribution < 1.29 is 23.9 Å². The average molecular weight is 465 g/mol. The predicted molar refractivity (Wildman–Crippen MR) is 123 cm³/mol. The molecular weight excluding hydrogens is 432 g/mol. The maximum absolute atomic E-state index is 13.4. The zero-order chi connectivity index (χ0) is 23.5. The molecule has 176 valence electrons. The molecule has 3 amide bonds. The molecule has 0 bridgehead atoms. The minimum absolute atomic E-state index is 0.161. The van der Waals surface area contributed by atoms with Crippen LogP contribution in [0.15, 0.2) is 30.3 Å². The van der Waals surface area contributed by atoms with Gasteiger partial charge in [-0.1, -0.05) is 30.3 Å². The minimum atomic E-state index is -0.855. The van der Waals surface area contributed by atoms with Gasteiger partial charge < -0.3 is 26.0 Å². The molecule has 32 heavy (non-hydrogen) atoms. The van der Waals surface area contributed by atoms with Crippen LogP contribution in [-0.2, 0) is 30.3 Å². The van der Waals surface area contributed by atoms with Gasteiger partial charge in [-0.25, -0.2) is 4.79 Å². The van der Waals surface area contributed by atoms with E-state index in [9.17, 15) is 19.2 Å². The van der Waals surface area contributed by atoms with Crippen LogP contribution in [-0.4, -0.2) is 71.5 Å². The Hall–Kier alpha value is -2.59. The van der Waals surface area contributed by atoms with Gasteiger partial charge in [-0.2, -0.15) is 0 Å². The molecule has 0 aliphatic carbocycles. The third kappa shape index (κ3) is 7.83. The summed E-state index contributed by atoms with van der Waals surface area (Å²) in [6.07, 6.45) is 1.51. The molecule has 1 heterocycles. The number of carbonyl (C=O) groups is 4. The second-order valence-electron chi connectivity index (χ2n) is 7.55. The van der Waals surface area contributed by atoms with Crippen LogP contribution in [0.3, 0.4) is 0 Å². The van der Waals surface area contributed by atoms with E-state index in [4.69, 9.17) is 10.5 Å². The van der Waals surface area contributed by atoms with E-state index in [0.717, 1.165) is 5.56 Å². The number of benzene rings is 1. The number of likely N-dealkylation sites (tertiary alicyclic amines) is 1. The maximum Gasteiger partial charge on any atom is 0.328 e. The molecule has 0 aromatic heterocycles. The summed E-state index contributed by atoms with van der Waals surface area (Å²) < 4.78 is 5.12. The summed E-state index contributed by atoms with van der Waals surface area (Å²) in [6, 6.07) is 7.01. The molecule has 0 saturated carbocycles. The lowest BCUT2D eigenvalue weighted by atomic mass is 10.0. The Morgan fingerprint density at radius 1 is 1.25 bits per heavy atom. The monoisotopic (exact) mass is 464 g/mol. The van der Waals surface area contributed by atoms with E-state index in [1.165, 1.54) is 23.6 Å². The number of hydrogen-bond donors (Lipinski definition) is 3. The van der Waals surface area contributed by atoms with E-state index >= 15 is 0 Å². The molecule has 1 aliphatic rings. The zero-order valence-corrected chi connectivity index (χ0v) is 19.4. The maximum atomic E-state index is 13.4. The lowest BCUT2D eigenvalue weighted by Gasteiger charge is -2.29. The Bertz CT molecular complexity index is 792. The number of amides is 3. The minimum Gasteiger partial charge on any atom is -0.464 e. The number of nitrogens with zero attached hydrogens (tertiary/aromatic N) is 1. The number of esters is 1. The number of nitrogens with two attached hydrogens (primary N) is 1. The van der Waals surface area contributed by atoms with Gasteiger partial charge in [0.05, 0.1) is 18.5 Å². The fourth-order valence-electron chi connectivity index (χ4n) is 3.46. The van der Waals surface area contributed by atoms with E-state index in [2.05, 4.69) is 10.6 Å². The summed E-state index contributed by atoms with van der Waals surface area (Å²) in [4.78, 5) is 50.8. The largest absolute Gasteiger partial charge is 0.464 e. The molecule has 1 aliphatic heterocycles. The summed E-state index contributed by atoms with van der Waals surface area (Å²) in [5.41, 5.74) is 6.88. The highest BCUT2D eigenvalue weighted by molar-refractivity contribution is 7.99. The van der Waals surface area contributed by atoms with E-state index in [1.54, 1.807) is 6.92 Å². The molecule has 1 aromatic carbocycles. The van der Waals surface area contributed by atoms with Crippen LogP contribution in [0.4, 0.5) is 0 Å². The van der Waals surface area contributed by atoms with Gasteiger partial charge in [0.25, 0.3) is 0 Å². The highest BCUT2D eigenvalue weighted by Crippen LogP contribution is 2.21. The summed E-state index contributed by atoms with van der Waals surface area (Å²) in [7, 11) is 0. The standard InChI is InChI=1S/C22H32N4O5S/c1-3-31-22(30)19-10-7-11-26(19)21(29)18(12-16-8-5-4-6-9-16)25-20(28)17(23)13-32-14-24-15(2)27/h4-6,8-9,17-19H,3,7,10-14,23H2,1-2H3,(H,24,27)(H,25,28)/t17-,18+,19-/m0/s1. The van der Waals surface area contributed by atoms with Crippen molar-refractivity contribution in [1.29, 1.82) is 0 Å². The second kappa shape index (κ2) is 13.1. The number of thioether (sulfide) groups is 1. The SMILES string of the molecule is CCOC(=O)[C@@H]1CCCN1C(=O)[C@@H](Cc1ccccc1)NC(=O)[C@@H](N)CSCNC(C)=O. The predicted octanol–water partition coefficient (Wildman–Crippen LogP) is 0.422. The molecule has 2 rings (SSSR count). The van der Waals surface area contributed by atoms with Crippen molar-refractivity contribution >= 4 is 35.5 Å². The Morgan fingerprint density at radius 3 is 2.62 bits per heavy atom. The molecule has 0 radical (unpaired) electrons. The Balaban J connectivity index is 2.08. The van der Waals surface area contributed by atoms with E-state index in [-0.39, 0.29) is 30.6 Å². The van der Waals surface area contributed by atoms with Crippen molar-refractivity contribution in [2.45, 2.75) is 51.2 Å². The fourth-order valence-corrected chi connectivity index (χ4v) is 4.29. The van der Waals surface area contributed by atoms with Crippen LogP contribution in [0.2, 0.25) is 0 Å². The van der Waals surface area contributed by atoms with Crippen LogP contribution in [0.1, 0.15) is 32.3 Å². The van der Waals surface area contributed by atoms with Gasteiger partial charge in [-0.15, -0.1) is 11.8 Å². The number of hydrogen-bond acceptors (Lipinski definition) is 7. The second-order valence-corrected chi connectivity index (χ2v) is 8.58. The molecular formula is C22H32N4O5S. The molecule has 0 spiro atoms. The molecule has 3 atom stereocenters. The van der Waals surface area contributed by atoms with Crippen molar-refractivity contribution in [3.63, 3.8) is 0 Å². The quantitative estimate of drug-likeness (QED) is 0.246. The highest BCUT2D eigenvalue weighted by atomic mass is 32.2. The molecule has 1 fully saturated rings. The van der Waals surface area contributed by atoms with Crippen LogP contribution in [0.5, 0.6) is 0 Å². The summed E-state index contributed by atoms with van der Waals surface area (Å²) in [5.74, 6) is -0.733. The van der Waals surface area contributed by atoms with Crippen molar-refractivity contribution in [2.75, 3.05) is 24.8 Å². The lowest BCUT2D eigenvalue weighted by Crippen LogP contribution is -2.55. The van der Waals surface area contributed by atoms with Gasteiger partial charge >= 0.3 is 5.97 Å². The Kier molecular flexibility index (Phi) is 10.5. The smallest absolute Gasteiger partial charge is 0.328 e. The van der Waals surface area contributed by atoms with Gasteiger partial charge in [0, 0.05) is 25.6 Å². The third-order valence-electron chi connectivity index (χ3n) is 5.05. The summed E-state index contributed by atoms with van der Waals surface area (Å²) in [6.45, 7) is 3.81. The Labute approximate surface area is 192 Å². The normalized spacial score (nSPS) is 17.3. The van der Waals surface area contributed by atoms with Gasteiger partial charge in [-0.05, 0) is 25.3 Å². The van der Waals surface area contributed by atoms with Crippen molar-refractivity contribution in [2.24, 2.45) is 5.73 Å².